The van der Waals surface area contributed by atoms with Crippen LogP contribution in [0.25, 0.3) is 0 Å². The molecule has 0 aromatic carbocycles. The van der Waals surface area contributed by atoms with Gasteiger partial charge in [0.15, 0.2) is 0 Å². The molecule has 1 fully saturated rings. The third kappa shape index (κ3) is 4.71. The number of halogens is 1. The van der Waals surface area contributed by atoms with Gasteiger partial charge in [0.1, 0.15) is 0 Å². The molecule has 0 heterocycles. The summed E-state index contributed by atoms with van der Waals surface area (Å²) in [6.07, 6.45) is 9.50. The molecule has 0 N–H and O–H groups in total. The van der Waals surface area contributed by atoms with Gasteiger partial charge in [-0.2, -0.15) is 12.8 Å². The van der Waals surface area contributed by atoms with Crippen molar-refractivity contribution in [3.05, 3.63) is 6.42 Å². The molecule has 0 saturated heterocycles. The van der Waals surface area contributed by atoms with Crippen LogP contribution < -0.4 is 4.70 Å². The summed E-state index contributed by atoms with van der Waals surface area (Å²) in [5, 5.41) is 0. The Morgan fingerprint density at radius 2 is 1.38 bits per heavy atom. The molecule has 0 aromatic rings. The van der Waals surface area contributed by atoms with Crippen LogP contribution in [0.5, 0.6) is 0 Å². The second-order valence-corrected chi connectivity index (χ2v) is 1.93. The van der Waals surface area contributed by atoms with Crippen LogP contribution in [-0.2, 0) is 19.5 Å². The maximum absolute atomic E-state index is 2.39. The van der Waals surface area contributed by atoms with E-state index in [-0.39, 0.29) is 24.2 Å². The summed E-state index contributed by atoms with van der Waals surface area (Å²) in [6, 6.07) is 0. The van der Waals surface area contributed by atoms with Gasteiger partial charge in [-0.1, -0.05) is 19.3 Å². The van der Waals surface area contributed by atoms with Crippen LogP contribution in [0, 0.1) is 6.42 Å². The van der Waals surface area contributed by atoms with Gasteiger partial charge in [-0.25, -0.2) is 0 Å². The SMILES string of the molecule is [CH-]1CCCCC1.[F-].[Zn+2]. The molecule has 0 unspecified atom stereocenters. The first kappa shape index (κ1) is 11.4. The molecule has 0 aliphatic heterocycles. The largest absolute Gasteiger partial charge is 2.00 e. The van der Waals surface area contributed by atoms with Crippen molar-refractivity contribution in [3.63, 3.8) is 0 Å². The Morgan fingerprint density at radius 3 is 1.50 bits per heavy atom. The Morgan fingerprint density at radius 1 is 0.875 bits per heavy atom. The summed E-state index contributed by atoms with van der Waals surface area (Å²) in [4.78, 5) is 0. The van der Waals surface area contributed by atoms with Crippen LogP contribution >= 0.6 is 0 Å². The second-order valence-electron chi connectivity index (χ2n) is 1.93. The van der Waals surface area contributed by atoms with Gasteiger partial charge in [-0.15, -0.1) is 0 Å². The monoisotopic (exact) mass is 166 g/mol. The molecule has 0 spiro atoms. The van der Waals surface area contributed by atoms with Gasteiger partial charge in [0.25, 0.3) is 0 Å². The molecule has 0 bridgehead atoms. The minimum absolute atomic E-state index is 0. The second kappa shape index (κ2) is 7.55. The standard InChI is InChI=1S/C6H11.FH.Zn/c1-2-4-6-5-3-1;;/h1H,2-6H2;1H;/q-1;;+2/p-1. The molecule has 0 atom stereocenters. The third-order valence-corrected chi connectivity index (χ3v) is 1.32. The van der Waals surface area contributed by atoms with E-state index >= 15 is 0 Å². The van der Waals surface area contributed by atoms with E-state index < -0.39 is 0 Å². The Hall–Kier alpha value is 0.553. The molecule has 1 aliphatic rings. The van der Waals surface area contributed by atoms with Gasteiger partial charge in [-0.05, 0) is 0 Å². The van der Waals surface area contributed by atoms with E-state index in [1.807, 2.05) is 0 Å². The maximum atomic E-state index is 2.39. The molecule has 1 aliphatic carbocycles. The zero-order valence-corrected chi connectivity index (χ0v) is 8.17. The van der Waals surface area contributed by atoms with E-state index in [1.165, 1.54) is 32.1 Å². The van der Waals surface area contributed by atoms with Crippen molar-refractivity contribution in [3.8, 4) is 0 Å². The summed E-state index contributed by atoms with van der Waals surface area (Å²) in [6.45, 7) is 0. The zero-order valence-electron chi connectivity index (χ0n) is 5.20. The zero-order chi connectivity index (χ0) is 4.24. The molecule has 44 valence electrons. The van der Waals surface area contributed by atoms with Crippen molar-refractivity contribution in [2.45, 2.75) is 32.1 Å². The molecule has 1 rings (SSSR count). The first-order chi connectivity index (χ1) is 3.00. The summed E-state index contributed by atoms with van der Waals surface area (Å²) in [5.41, 5.74) is 0. The van der Waals surface area contributed by atoms with Crippen molar-refractivity contribution in [1.29, 1.82) is 0 Å². The van der Waals surface area contributed by atoms with E-state index in [2.05, 4.69) is 6.42 Å². The molecule has 1 saturated carbocycles. The normalized spacial score (nSPS) is 18.0. The first-order valence-electron chi connectivity index (χ1n) is 2.82. The summed E-state index contributed by atoms with van der Waals surface area (Å²) in [7, 11) is 0. The molecular weight excluding hydrogens is 156 g/mol. The smallest absolute Gasteiger partial charge is 1.00 e. The Kier molecular flexibility index (Phi) is 10.7. The topological polar surface area (TPSA) is 0 Å². The van der Waals surface area contributed by atoms with Crippen LogP contribution in [0.3, 0.4) is 0 Å². The van der Waals surface area contributed by atoms with Gasteiger partial charge in [0.2, 0.25) is 0 Å². The fourth-order valence-electron chi connectivity index (χ4n) is 0.898. The van der Waals surface area contributed by atoms with Crippen molar-refractivity contribution < 1.29 is 24.2 Å². The van der Waals surface area contributed by atoms with Crippen LogP contribution in [0.4, 0.5) is 0 Å². The van der Waals surface area contributed by atoms with E-state index in [9.17, 15) is 0 Å². The molecule has 0 amide bonds. The predicted molar refractivity (Wildman–Crippen MR) is 27.4 cm³/mol. The minimum Gasteiger partial charge on any atom is -1.00 e. The van der Waals surface area contributed by atoms with Gasteiger partial charge >= 0.3 is 19.5 Å². The summed E-state index contributed by atoms with van der Waals surface area (Å²) in [5.74, 6) is 0. The van der Waals surface area contributed by atoms with Crippen molar-refractivity contribution in [2.24, 2.45) is 0 Å². The van der Waals surface area contributed by atoms with Gasteiger partial charge < -0.3 is 11.1 Å². The minimum atomic E-state index is 0. The van der Waals surface area contributed by atoms with E-state index in [4.69, 9.17) is 0 Å². The quantitative estimate of drug-likeness (QED) is 0.326. The molecular formula is C6H11FZn. The number of hydrogen-bond donors (Lipinski definition) is 0. The van der Waals surface area contributed by atoms with Gasteiger partial charge in [0.05, 0.1) is 0 Å². The van der Waals surface area contributed by atoms with Crippen molar-refractivity contribution >= 4 is 0 Å². The van der Waals surface area contributed by atoms with Crippen LogP contribution in [-0.4, -0.2) is 0 Å². The molecule has 0 radical (unpaired) electrons. The van der Waals surface area contributed by atoms with Crippen LogP contribution in [0.2, 0.25) is 0 Å². The fraction of sp³-hybridized carbons (Fsp3) is 0.833. The van der Waals surface area contributed by atoms with Crippen molar-refractivity contribution in [1.82, 2.24) is 0 Å². The average Bonchev–Trinajstić information content (AvgIpc) is 1.72. The third-order valence-electron chi connectivity index (χ3n) is 1.32. The number of hydrogen-bond acceptors (Lipinski definition) is 0. The first-order valence-corrected chi connectivity index (χ1v) is 2.82. The molecule has 8 heavy (non-hydrogen) atoms. The van der Waals surface area contributed by atoms with Gasteiger partial charge in [-0.3, -0.25) is 0 Å². The van der Waals surface area contributed by atoms with Crippen LogP contribution in [0.15, 0.2) is 0 Å². The average molecular weight is 168 g/mol. The van der Waals surface area contributed by atoms with E-state index in [0.717, 1.165) is 0 Å². The fourth-order valence-corrected chi connectivity index (χ4v) is 0.898. The van der Waals surface area contributed by atoms with E-state index in [0.29, 0.717) is 0 Å². The Balaban J connectivity index is 0. The maximum Gasteiger partial charge on any atom is 2.00 e. The Labute approximate surface area is 63.2 Å². The van der Waals surface area contributed by atoms with E-state index in [1.54, 1.807) is 0 Å². The number of rotatable bonds is 0. The predicted octanol–water partition coefficient (Wildman–Crippen LogP) is -0.844. The van der Waals surface area contributed by atoms with Crippen molar-refractivity contribution in [2.75, 3.05) is 0 Å². The molecule has 0 nitrogen and oxygen atoms in total. The molecule has 2 heteroatoms. The summed E-state index contributed by atoms with van der Waals surface area (Å²) >= 11 is 0. The van der Waals surface area contributed by atoms with Crippen LogP contribution in [0.1, 0.15) is 32.1 Å². The molecule has 0 aromatic heterocycles. The summed E-state index contributed by atoms with van der Waals surface area (Å²) < 4.78 is 0. The van der Waals surface area contributed by atoms with Gasteiger partial charge in [0, 0.05) is 0 Å². The Bertz CT molecular complexity index is 24.0.